The van der Waals surface area contributed by atoms with Gasteiger partial charge in [-0.25, -0.2) is 13.8 Å². The molecule has 0 atom stereocenters. The van der Waals surface area contributed by atoms with Crippen molar-refractivity contribution in [2.45, 2.75) is 6.54 Å². The number of benzene rings is 2. The van der Waals surface area contributed by atoms with Gasteiger partial charge in [-0.1, -0.05) is 30.3 Å². The van der Waals surface area contributed by atoms with Gasteiger partial charge in [0.2, 0.25) is 5.91 Å². The van der Waals surface area contributed by atoms with Crippen LogP contribution in [0.3, 0.4) is 0 Å². The Morgan fingerprint density at radius 3 is 2.50 bits per heavy atom. The smallest absolute Gasteiger partial charge is 0.271 e. The van der Waals surface area contributed by atoms with Crippen LogP contribution >= 0.6 is 11.3 Å². The summed E-state index contributed by atoms with van der Waals surface area (Å²) in [6.07, 6.45) is 1.29. The van der Waals surface area contributed by atoms with Gasteiger partial charge in [0.05, 0.1) is 11.8 Å². The molecular weight excluding hydrogens is 384 g/mol. The minimum absolute atomic E-state index is 0.0212. The highest BCUT2D eigenvalue weighted by Gasteiger charge is 2.13. The van der Waals surface area contributed by atoms with Gasteiger partial charge in [-0.05, 0) is 23.8 Å². The third kappa shape index (κ3) is 3.67. The van der Waals surface area contributed by atoms with Gasteiger partial charge in [0.15, 0.2) is 0 Å². The normalized spacial score (nSPS) is 10.9. The number of anilines is 1. The fraction of sp³-hybridized carbons (Fsp3) is 0.0500. The first kappa shape index (κ1) is 18.0. The van der Waals surface area contributed by atoms with Gasteiger partial charge in [-0.3, -0.25) is 14.2 Å². The summed E-state index contributed by atoms with van der Waals surface area (Å²) in [6, 6.07) is 14.1. The number of carbonyl (C=O) groups excluding carboxylic acids is 1. The summed E-state index contributed by atoms with van der Waals surface area (Å²) in [7, 11) is 0. The number of amides is 1. The molecule has 0 aliphatic rings. The van der Waals surface area contributed by atoms with Gasteiger partial charge in [0.1, 0.15) is 22.9 Å². The van der Waals surface area contributed by atoms with Crippen LogP contribution in [0.15, 0.2) is 65.7 Å². The average molecular weight is 397 g/mol. The van der Waals surface area contributed by atoms with Crippen molar-refractivity contribution >= 4 is 33.1 Å². The zero-order valence-corrected chi connectivity index (χ0v) is 15.2. The van der Waals surface area contributed by atoms with E-state index in [4.69, 9.17) is 0 Å². The van der Waals surface area contributed by atoms with Gasteiger partial charge in [0, 0.05) is 16.6 Å². The summed E-state index contributed by atoms with van der Waals surface area (Å²) in [6.45, 7) is -0.321. The Hall–Kier alpha value is -3.39. The topological polar surface area (TPSA) is 64.0 Å². The summed E-state index contributed by atoms with van der Waals surface area (Å²) >= 11 is 1.30. The number of hydrogen-bond donors (Lipinski definition) is 1. The lowest BCUT2D eigenvalue weighted by molar-refractivity contribution is -0.116. The molecule has 1 N–H and O–H groups in total. The molecule has 4 rings (SSSR count). The van der Waals surface area contributed by atoms with E-state index in [2.05, 4.69) is 10.3 Å². The Labute approximate surface area is 161 Å². The molecule has 0 radical (unpaired) electrons. The maximum absolute atomic E-state index is 13.2. The van der Waals surface area contributed by atoms with Crippen molar-refractivity contribution in [1.82, 2.24) is 9.55 Å². The second-order valence-electron chi connectivity index (χ2n) is 6.07. The number of fused-ring (bicyclic) bond motifs is 1. The highest BCUT2D eigenvalue weighted by atomic mass is 32.1. The van der Waals surface area contributed by atoms with Crippen LogP contribution in [0.4, 0.5) is 14.5 Å². The summed E-state index contributed by atoms with van der Waals surface area (Å²) in [5.41, 5.74) is 1.16. The number of nitrogens with one attached hydrogen (secondary N) is 1. The molecule has 8 heteroatoms. The fourth-order valence-corrected chi connectivity index (χ4v) is 3.85. The first-order valence-electron chi connectivity index (χ1n) is 8.30. The molecule has 0 spiro atoms. The van der Waals surface area contributed by atoms with Crippen LogP contribution in [0.1, 0.15) is 0 Å². The zero-order chi connectivity index (χ0) is 19.7. The maximum atomic E-state index is 13.2. The number of rotatable bonds is 4. The van der Waals surface area contributed by atoms with Crippen molar-refractivity contribution in [3.8, 4) is 10.4 Å². The van der Waals surface area contributed by atoms with Crippen LogP contribution in [0.2, 0.25) is 0 Å². The van der Waals surface area contributed by atoms with Crippen molar-refractivity contribution in [1.29, 1.82) is 0 Å². The molecule has 0 aliphatic carbocycles. The van der Waals surface area contributed by atoms with E-state index < -0.39 is 17.5 Å². The second kappa shape index (κ2) is 7.32. The standard InChI is InChI=1S/C20H13F2N3O2S/c21-13-6-14(22)8-15(7-13)24-18(26)10-25-11-23-16-9-17(28-19(16)20(25)27)12-4-2-1-3-5-12/h1-9,11H,10H2,(H,24,26). The zero-order valence-electron chi connectivity index (χ0n) is 14.4. The Kier molecular flexibility index (Phi) is 4.70. The van der Waals surface area contributed by atoms with Crippen molar-refractivity contribution in [3.05, 3.63) is 82.9 Å². The number of aromatic nitrogens is 2. The monoisotopic (exact) mass is 397 g/mol. The van der Waals surface area contributed by atoms with E-state index in [1.54, 1.807) is 0 Å². The predicted molar refractivity (Wildman–Crippen MR) is 104 cm³/mol. The van der Waals surface area contributed by atoms with Crippen LogP contribution in [-0.2, 0) is 11.3 Å². The third-order valence-electron chi connectivity index (χ3n) is 4.02. The van der Waals surface area contributed by atoms with Crippen LogP contribution < -0.4 is 10.9 Å². The minimum atomic E-state index is -0.803. The van der Waals surface area contributed by atoms with E-state index >= 15 is 0 Å². The molecule has 1 amide bonds. The predicted octanol–water partition coefficient (Wildman–Crippen LogP) is 4.04. The lowest BCUT2D eigenvalue weighted by Crippen LogP contribution is -2.27. The van der Waals surface area contributed by atoms with Crippen LogP contribution in [0.25, 0.3) is 20.7 Å². The van der Waals surface area contributed by atoms with Gasteiger partial charge in [-0.15, -0.1) is 11.3 Å². The van der Waals surface area contributed by atoms with Crippen LogP contribution in [0, 0.1) is 11.6 Å². The molecule has 28 heavy (non-hydrogen) atoms. The van der Waals surface area contributed by atoms with Gasteiger partial charge in [-0.2, -0.15) is 0 Å². The van der Waals surface area contributed by atoms with Crippen molar-refractivity contribution in [2.75, 3.05) is 5.32 Å². The third-order valence-corrected chi connectivity index (χ3v) is 5.18. The lowest BCUT2D eigenvalue weighted by atomic mass is 10.2. The van der Waals surface area contributed by atoms with Crippen molar-refractivity contribution < 1.29 is 13.6 Å². The summed E-state index contributed by atoms with van der Waals surface area (Å²) in [4.78, 5) is 30.0. The molecule has 0 fully saturated rings. The SMILES string of the molecule is O=C(Cn1cnc2cc(-c3ccccc3)sc2c1=O)Nc1cc(F)cc(F)c1. The number of carbonyl (C=O) groups is 1. The van der Waals surface area contributed by atoms with Crippen LogP contribution in [-0.4, -0.2) is 15.5 Å². The molecule has 0 saturated carbocycles. The van der Waals surface area contributed by atoms with E-state index in [0.717, 1.165) is 22.6 Å². The summed E-state index contributed by atoms with van der Waals surface area (Å²) in [5.74, 6) is -2.20. The Balaban J connectivity index is 1.59. The largest absolute Gasteiger partial charge is 0.324 e. The lowest BCUT2D eigenvalue weighted by Gasteiger charge is -2.07. The molecule has 4 aromatic rings. The molecular formula is C20H13F2N3O2S. The summed E-state index contributed by atoms with van der Waals surface area (Å²) < 4.78 is 28.1. The highest BCUT2D eigenvalue weighted by Crippen LogP contribution is 2.30. The molecule has 2 aromatic heterocycles. The molecule has 0 aliphatic heterocycles. The Morgan fingerprint density at radius 2 is 1.79 bits per heavy atom. The Bertz CT molecular complexity index is 1220. The quantitative estimate of drug-likeness (QED) is 0.565. The number of thiophene rings is 1. The highest BCUT2D eigenvalue weighted by molar-refractivity contribution is 7.22. The molecule has 2 heterocycles. The van der Waals surface area contributed by atoms with Crippen molar-refractivity contribution in [2.24, 2.45) is 0 Å². The van der Waals surface area contributed by atoms with E-state index in [1.165, 1.54) is 22.2 Å². The number of hydrogen-bond acceptors (Lipinski definition) is 4. The molecule has 0 unspecified atom stereocenters. The van der Waals surface area contributed by atoms with Crippen LogP contribution in [0.5, 0.6) is 0 Å². The fourth-order valence-electron chi connectivity index (χ4n) is 2.78. The first-order chi connectivity index (χ1) is 13.5. The minimum Gasteiger partial charge on any atom is -0.324 e. The number of halogens is 2. The van der Waals surface area contributed by atoms with Crippen molar-refractivity contribution in [3.63, 3.8) is 0 Å². The molecule has 0 bridgehead atoms. The van der Waals surface area contributed by atoms with E-state index in [1.807, 2.05) is 36.4 Å². The van der Waals surface area contributed by atoms with Gasteiger partial charge in [0.25, 0.3) is 5.56 Å². The maximum Gasteiger partial charge on any atom is 0.271 e. The second-order valence-corrected chi connectivity index (χ2v) is 7.13. The number of nitrogens with zero attached hydrogens (tertiary/aromatic N) is 2. The average Bonchev–Trinajstić information content (AvgIpc) is 3.09. The first-order valence-corrected chi connectivity index (χ1v) is 9.11. The van der Waals surface area contributed by atoms with E-state index in [-0.39, 0.29) is 17.8 Å². The molecule has 0 saturated heterocycles. The molecule has 5 nitrogen and oxygen atoms in total. The van der Waals surface area contributed by atoms with Gasteiger partial charge < -0.3 is 5.32 Å². The van der Waals surface area contributed by atoms with E-state index in [9.17, 15) is 18.4 Å². The molecule has 140 valence electrons. The summed E-state index contributed by atoms with van der Waals surface area (Å²) in [5, 5.41) is 2.38. The Morgan fingerprint density at radius 1 is 1.07 bits per heavy atom. The molecule has 2 aromatic carbocycles. The van der Waals surface area contributed by atoms with E-state index in [0.29, 0.717) is 16.3 Å². The van der Waals surface area contributed by atoms with Gasteiger partial charge >= 0.3 is 0 Å².